The molecule has 14 heteroatoms. The van der Waals surface area contributed by atoms with Gasteiger partial charge in [-0.3, -0.25) is 9.59 Å². The number of tetrazole rings is 1. The molecule has 242 valence electrons. The monoisotopic (exact) mass is 623 g/mol. The lowest BCUT2D eigenvalue weighted by molar-refractivity contribution is -0.145. The Labute approximate surface area is 261 Å². The molecule has 1 saturated heterocycles. The van der Waals surface area contributed by atoms with Crippen LogP contribution in [0.2, 0.25) is 0 Å². The van der Waals surface area contributed by atoms with Crippen molar-refractivity contribution >= 4 is 23.9 Å². The van der Waals surface area contributed by atoms with E-state index in [4.69, 9.17) is 9.47 Å². The van der Waals surface area contributed by atoms with Crippen LogP contribution in [0, 0.1) is 5.92 Å². The van der Waals surface area contributed by atoms with E-state index >= 15 is 0 Å². The minimum Gasteiger partial charge on any atom is -0.497 e. The van der Waals surface area contributed by atoms with Gasteiger partial charge in [-0.25, -0.2) is 9.59 Å². The van der Waals surface area contributed by atoms with Gasteiger partial charge in [-0.05, 0) is 75.9 Å². The Balaban J connectivity index is 1.43. The highest BCUT2D eigenvalue weighted by atomic mass is 16.6. The molecular weight excluding hydrogens is 582 g/mol. The molecule has 5 rings (SSSR count). The van der Waals surface area contributed by atoms with Crippen molar-refractivity contribution in [3.8, 4) is 17.1 Å². The number of nitrogens with one attached hydrogen (secondary N) is 2. The number of carboxylic acid groups (broad SMARTS) is 1. The Morgan fingerprint density at radius 1 is 1.13 bits per heavy atom. The Kier molecular flexibility index (Phi) is 9.12. The lowest BCUT2D eigenvalue weighted by Crippen LogP contribution is -2.56. The van der Waals surface area contributed by atoms with Crippen LogP contribution in [0.5, 0.6) is 5.75 Å². The van der Waals surface area contributed by atoms with Crippen molar-refractivity contribution in [2.24, 2.45) is 5.92 Å². The zero-order valence-corrected chi connectivity index (χ0v) is 26.1. The number of hydrogen-bond acceptors (Lipinski definition) is 9. The number of hydrogen-bond donors (Lipinski definition) is 3. The molecule has 45 heavy (non-hydrogen) atoms. The quantitative estimate of drug-likeness (QED) is 0.420. The first-order chi connectivity index (χ1) is 21.4. The van der Waals surface area contributed by atoms with Crippen molar-refractivity contribution in [2.45, 2.75) is 95.0 Å². The van der Waals surface area contributed by atoms with E-state index in [1.54, 1.807) is 52.1 Å². The molecule has 14 nitrogen and oxygen atoms in total. The molecule has 0 spiro atoms. The smallest absolute Gasteiger partial charge is 0.408 e. The fourth-order valence-corrected chi connectivity index (χ4v) is 5.93. The van der Waals surface area contributed by atoms with Crippen molar-refractivity contribution < 1.29 is 33.8 Å². The van der Waals surface area contributed by atoms with Crippen molar-refractivity contribution in [1.29, 1.82) is 0 Å². The van der Waals surface area contributed by atoms with Crippen LogP contribution in [-0.4, -0.2) is 91.0 Å². The van der Waals surface area contributed by atoms with Crippen LogP contribution in [0.1, 0.15) is 71.8 Å². The standard InChI is InChI=1S/C31H41N7O7/c1-30(2,3)45-29(43)32-23-11-9-7-5-6-8-10-20-17-31(20,28(41)42)33-26(39)24-16-21(18-37(24)27(23)40)38-35-25(34-36-38)19-12-14-22(44-4)15-13-19/h8,10,12-15,20-21,23-24H,5-7,9,11,16-18H2,1-4H3,(H,32,43)(H,33,39)(H,41,42)/b10-8-/t20?,21-,23?,24?,31?/m1/s1. The van der Waals surface area contributed by atoms with Crippen molar-refractivity contribution in [1.82, 2.24) is 35.7 Å². The van der Waals surface area contributed by atoms with E-state index in [2.05, 4.69) is 26.0 Å². The van der Waals surface area contributed by atoms with Crippen LogP contribution in [0.15, 0.2) is 36.4 Å². The fraction of sp³-hybridized carbons (Fsp3) is 0.581. The van der Waals surface area contributed by atoms with Gasteiger partial charge in [0, 0.05) is 24.4 Å². The number of carbonyl (C=O) groups is 4. The number of carbonyl (C=O) groups excluding carboxylic acids is 3. The normalized spacial score (nSPS) is 28.0. The van der Waals surface area contributed by atoms with E-state index in [1.165, 1.54) is 9.70 Å². The maximum atomic E-state index is 14.2. The molecule has 0 radical (unpaired) electrons. The Bertz CT molecular complexity index is 1450. The number of allylic oxidation sites excluding steroid dienone is 1. The maximum Gasteiger partial charge on any atom is 0.408 e. The van der Waals surface area contributed by atoms with Crippen molar-refractivity contribution in [2.75, 3.05) is 13.7 Å². The molecule has 1 saturated carbocycles. The van der Waals surface area contributed by atoms with Crippen LogP contribution in [-0.2, 0) is 19.1 Å². The summed E-state index contributed by atoms with van der Waals surface area (Å²) in [5.41, 5.74) is -1.49. The molecule has 2 fully saturated rings. The molecular formula is C31H41N7O7. The molecule has 1 aromatic carbocycles. The summed E-state index contributed by atoms with van der Waals surface area (Å²) in [7, 11) is 1.57. The minimum absolute atomic E-state index is 0.0607. The Hall–Kier alpha value is -4.49. The summed E-state index contributed by atoms with van der Waals surface area (Å²) in [6, 6.07) is 4.66. The van der Waals surface area contributed by atoms with E-state index in [0.717, 1.165) is 19.3 Å². The number of rotatable bonds is 5. The minimum atomic E-state index is -1.43. The first kappa shape index (κ1) is 31.9. The Morgan fingerprint density at radius 2 is 1.89 bits per heavy atom. The predicted octanol–water partition coefficient (Wildman–Crippen LogP) is 2.86. The van der Waals surface area contributed by atoms with Crippen molar-refractivity contribution in [3.63, 3.8) is 0 Å². The fourth-order valence-electron chi connectivity index (χ4n) is 5.93. The number of alkyl carbamates (subject to hydrolysis) is 1. The number of amides is 3. The summed E-state index contributed by atoms with van der Waals surface area (Å²) in [4.78, 5) is 55.9. The predicted molar refractivity (Wildman–Crippen MR) is 161 cm³/mol. The highest BCUT2D eigenvalue weighted by Crippen LogP contribution is 2.45. The summed E-state index contributed by atoms with van der Waals surface area (Å²) in [5, 5.41) is 28.5. The first-order valence-electron chi connectivity index (χ1n) is 15.4. The largest absolute Gasteiger partial charge is 0.497 e. The molecule has 3 N–H and O–H groups in total. The van der Waals surface area contributed by atoms with Gasteiger partial charge < -0.3 is 30.1 Å². The molecule has 0 bridgehead atoms. The van der Waals surface area contributed by atoms with E-state index in [-0.39, 0.29) is 25.3 Å². The van der Waals surface area contributed by atoms with Crippen LogP contribution in [0.3, 0.4) is 0 Å². The molecule has 3 aliphatic rings. The average molecular weight is 624 g/mol. The lowest BCUT2D eigenvalue weighted by atomic mass is 10.0. The van der Waals surface area contributed by atoms with Gasteiger partial charge in [-0.15, -0.1) is 10.2 Å². The van der Waals surface area contributed by atoms with E-state index in [9.17, 15) is 24.3 Å². The van der Waals surface area contributed by atoms with Crippen molar-refractivity contribution in [3.05, 3.63) is 36.4 Å². The number of nitrogens with zero attached hydrogens (tertiary/aromatic N) is 5. The number of aromatic nitrogens is 4. The second kappa shape index (κ2) is 12.9. The number of benzene rings is 1. The van der Waals surface area contributed by atoms with E-state index < -0.39 is 53.1 Å². The molecule has 3 heterocycles. The second-order valence-corrected chi connectivity index (χ2v) is 12.9. The topological polar surface area (TPSA) is 178 Å². The number of carboxylic acids is 1. The maximum absolute atomic E-state index is 14.2. The van der Waals surface area contributed by atoms with Gasteiger partial charge in [0.25, 0.3) is 0 Å². The molecule has 5 atom stereocenters. The van der Waals surface area contributed by atoms with Gasteiger partial charge in [-0.2, -0.15) is 4.80 Å². The molecule has 2 aliphatic heterocycles. The van der Waals surface area contributed by atoms with Crippen LogP contribution >= 0.6 is 0 Å². The summed E-state index contributed by atoms with van der Waals surface area (Å²) in [5.74, 6) is -1.45. The first-order valence-corrected chi connectivity index (χ1v) is 15.4. The number of aliphatic carboxylic acids is 1. The van der Waals surface area contributed by atoms with E-state index in [0.29, 0.717) is 30.0 Å². The average Bonchev–Trinajstić information content (AvgIpc) is 3.31. The highest BCUT2D eigenvalue weighted by molar-refractivity contribution is 5.96. The van der Waals surface area contributed by atoms with Gasteiger partial charge >= 0.3 is 12.1 Å². The number of ether oxygens (including phenoxy) is 2. The molecule has 2 aromatic rings. The Morgan fingerprint density at radius 3 is 2.58 bits per heavy atom. The summed E-state index contributed by atoms with van der Waals surface area (Å²) in [6.07, 6.45) is 6.89. The lowest BCUT2D eigenvalue weighted by Gasteiger charge is -2.30. The van der Waals surface area contributed by atoms with E-state index in [1.807, 2.05) is 12.2 Å². The second-order valence-electron chi connectivity index (χ2n) is 12.9. The molecule has 3 amide bonds. The number of methoxy groups -OCH3 is 1. The SMILES string of the molecule is COc1ccc(-c2nnn([C@@H]3CC4C(=O)NC5(C(=O)O)CC5/C=C\CCCCCC(NC(=O)OC(C)(C)C)C(=O)N4C3)n2)cc1. The number of fused-ring (bicyclic) bond motifs is 2. The summed E-state index contributed by atoms with van der Waals surface area (Å²) >= 11 is 0. The van der Waals surface area contributed by atoms with Gasteiger partial charge in [0.2, 0.25) is 17.6 Å². The summed E-state index contributed by atoms with van der Waals surface area (Å²) < 4.78 is 10.7. The van der Waals surface area contributed by atoms with Gasteiger partial charge in [0.05, 0.1) is 13.2 Å². The van der Waals surface area contributed by atoms with Gasteiger partial charge in [0.15, 0.2) is 0 Å². The van der Waals surface area contributed by atoms with Crippen LogP contribution < -0.4 is 15.4 Å². The zero-order valence-electron chi connectivity index (χ0n) is 26.1. The van der Waals surface area contributed by atoms with Gasteiger partial charge in [-0.1, -0.05) is 25.0 Å². The molecule has 4 unspecified atom stereocenters. The van der Waals surface area contributed by atoms with Crippen LogP contribution in [0.25, 0.3) is 11.4 Å². The third-order valence-corrected chi connectivity index (χ3v) is 8.43. The molecule has 1 aliphatic carbocycles. The molecule has 1 aromatic heterocycles. The summed E-state index contributed by atoms with van der Waals surface area (Å²) in [6.45, 7) is 5.26. The zero-order chi connectivity index (χ0) is 32.4. The highest BCUT2D eigenvalue weighted by Gasteiger charge is 2.61. The van der Waals surface area contributed by atoms with Gasteiger partial charge in [0.1, 0.15) is 29.0 Å². The third-order valence-electron chi connectivity index (χ3n) is 8.43. The van der Waals surface area contributed by atoms with Crippen LogP contribution in [0.4, 0.5) is 4.79 Å². The third kappa shape index (κ3) is 7.26.